The van der Waals surface area contributed by atoms with Crippen LogP contribution in [0.5, 0.6) is 0 Å². The number of aliphatic imine (C=N–C) groups is 4. The van der Waals surface area contributed by atoms with Crippen LogP contribution in [0.2, 0.25) is 0 Å². The van der Waals surface area contributed by atoms with E-state index in [0.717, 1.165) is 80.4 Å². The number of benzene rings is 2. The van der Waals surface area contributed by atoms with Crippen LogP contribution in [0.1, 0.15) is 44.7 Å². The minimum Gasteiger partial charge on any atom is 2.00 e. The summed E-state index contributed by atoms with van der Waals surface area (Å²) in [6, 6.07) is 20.8. The van der Waals surface area contributed by atoms with Gasteiger partial charge in [0.1, 0.15) is 0 Å². The van der Waals surface area contributed by atoms with Crippen LogP contribution in [0.4, 0.5) is 50.4 Å². The standard InChI is InChI=1S/C31H40N6.2F6P.Ni/c1-25(36-20-28-12-6-4-7-13-28)30-22-32-16-10-17-34-24-31(26(2)35-19-11-18-33-23-30)27(3)37-21-29-14-8-5-9-15-29;2*1-7(2,3,4,5)6;/h4-9,12-15,22-24,36-37H,10-11,16-21H2,1-3H3;;;/q;2*-1;+2/b30-25+,31-27-,32-22?,33-23?,34-24?,35-26?;;;. The maximum atomic E-state index is 9.87. The van der Waals surface area contributed by atoms with Crippen molar-refractivity contribution in [3.05, 3.63) is 94.3 Å². The molecule has 0 bridgehead atoms. The molecule has 1 heterocycles. The minimum atomic E-state index is -10.7. The fourth-order valence-electron chi connectivity index (χ4n) is 3.78. The average Bonchev–Trinajstić information content (AvgIpc) is 2.98. The Morgan fingerprint density at radius 2 is 0.904 bits per heavy atom. The van der Waals surface area contributed by atoms with E-state index in [-0.39, 0.29) is 16.5 Å². The number of rotatable bonds is 6. The molecule has 3 rings (SSSR count). The van der Waals surface area contributed by atoms with Crippen molar-refractivity contribution in [1.29, 1.82) is 0 Å². The molecule has 6 nitrogen and oxygen atoms in total. The molecule has 0 unspecified atom stereocenters. The van der Waals surface area contributed by atoms with E-state index in [1.165, 1.54) is 11.1 Å². The smallest absolute Gasteiger partial charge is 2.00 e. The van der Waals surface area contributed by atoms with E-state index in [2.05, 4.69) is 89.9 Å². The fraction of sp³-hybridized carbons (Fsp3) is 0.355. The largest absolute Gasteiger partial charge is 2.00 e. The Hall–Kier alpha value is -3.29. The summed E-state index contributed by atoms with van der Waals surface area (Å²) in [6.45, 7) is 10.7. The second-order valence-electron chi connectivity index (χ2n) is 11.0. The van der Waals surface area contributed by atoms with Gasteiger partial charge in [-0.1, -0.05) is 60.7 Å². The maximum absolute atomic E-state index is 10.7. The SMILES string of the molecule is CC1=NCCCN=C/C(=C(\C)NCc2ccccc2)C=NCCCN=C/C1=C(\C)NCc1ccccc1.F[P-](F)(F)(F)(F)F.F[P-](F)(F)(F)(F)F.[Ni+2]. The zero-order valence-electron chi connectivity index (χ0n) is 28.2. The van der Waals surface area contributed by atoms with E-state index in [0.29, 0.717) is 0 Å². The molecule has 0 saturated carbocycles. The Kier molecular flexibility index (Phi) is 17.5. The number of nitrogens with zero attached hydrogens (tertiary/aromatic N) is 4. The molecule has 2 aromatic carbocycles. The van der Waals surface area contributed by atoms with E-state index in [1.807, 2.05) is 30.8 Å². The molecule has 1 aliphatic heterocycles. The molecule has 0 fully saturated rings. The van der Waals surface area contributed by atoms with Crippen molar-refractivity contribution in [3.8, 4) is 0 Å². The molecule has 0 saturated heterocycles. The second kappa shape index (κ2) is 18.7. The molecule has 298 valence electrons. The molecule has 0 aromatic heterocycles. The first-order valence-electron chi connectivity index (χ1n) is 15.1. The van der Waals surface area contributed by atoms with Crippen molar-refractivity contribution in [1.82, 2.24) is 10.6 Å². The van der Waals surface area contributed by atoms with Crippen molar-refractivity contribution >= 4 is 40.0 Å². The van der Waals surface area contributed by atoms with Gasteiger partial charge < -0.3 is 10.6 Å². The van der Waals surface area contributed by atoms with Gasteiger partial charge in [0.2, 0.25) is 0 Å². The summed E-state index contributed by atoms with van der Waals surface area (Å²) < 4.78 is 118. The molecule has 0 amide bonds. The Morgan fingerprint density at radius 3 is 1.31 bits per heavy atom. The molecule has 1 aliphatic rings. The van der Waals surface area contributed by atoms with Crippen LogP contribution in [0.15, 0.2) is 103 Å². The Labute approximate surface area is 304 Å². The van der Waals surface area contributed by atoms with Crippen molar-refractivity contribution in [2.24, 2.45) is 20.0 Å². The third kappa shape index (κ3) is 33.8. The van der Waals surface area contributed by atoms with E-state index in [1.54, 1.807) is 0 Å². The summed E-state index contributed by atoms with van der Waals surface area (Å²) in [6.07, 6.45) is 7.59. The van der Waals surface area contributed by atoms with Crippen LogP contribution >= 0.6 is 15.6 Å². The van der Waals surface area contributed by atoms with E-state index >= 15 is 0 Å². The first kappa shape index (κ1) is 48.7. The Balaban J connectivity index is 0.00000146. The van der Waals surface area contributed by atoms with Gasteiger partial charge >= 0.3 is 82.5 Å². The monoisotopic (exact) mass is 844 g/mol. The summed E-state index contributed by atoms with van der Waals surface area (Å²) in [5.41, 5.74) is 7.71. The molecule has 52 heavy (non-hydrogen) atoms. The topological polar surface area (TPSA) is 73.5 Å². The molecule has 2 aromatic rings. The number of allylic oxidation sites excluding steroid dienone is 4. The first-order valence-corrected chi connectivity index (χ1v) is 19.2. The van der Waals surface area contributed by atoms with Gasteiger partial charge in [0.25, 0.3) is 0 Å². The normalized spacial score (nSPS) is 19.2. The summed E-state index contributed by atoms with van der Waals surface area (Å²) in [4.78, 5) is 18.8. The van der Waals surface area contributed by atoms with Gasteiger partial charge in [-0.25, -0.2) is 0 Å². The van der Waals surface area contributed by atoms with Crippen LogP contribution in [0, 0.1) is 0 Å². The summed E-state index contributed by atoms with van der Waals surface area (Å²) >= 11 is 0. The number of hydrogen-bond acceptors (Lipinski definition) is 6. The molecule has 0 atom stereocenters. The van der Waals surface area contributed by atoms with Gasteiger partial charge in [0.15, 0.2) is 0 Å². The van der Waals surface area contributed by atoms with E-state index in [9.17, 15) is 50.4 Å². The van der Waals surface area contributed by atoms with Crippen LogP contribution in [-0.2, 0) is 29.6 Å². The zero-order chi connectivity index (χ0) is 38.9. The van der Waals surface area contributed by atoms with Crippen molar-refractivity contribution in [3.63, 3.8) is 0 Å². The molecule has 0 spiro atoms. The molecular formula is C31H40F12N6NiP2. The Bertz CT molecular complexity index is 1540. The van der Waals surface area contributed by atoms with Gasteiger partial charge in [0, 0.05) is 86.2 Å². The first-order chi connectivity index (χ1) is 23.0. The number of nitrogens with one attached hydrogen (secondary N) is 2. The molecule has 0 radical (unpaired) electrons. The molecule has 21 heteroatoms. The Morgan fingerprint density at radius 1 is 0.558 bits per heavy atom. The van der Waals surface area contributed by atoms with Gasteiger partial charge in [0.05, 0.1) is 0 Å². The molecule has 0 aliphatic carbocycles. The quantitative estimate of drug-likeness (QED) is 0.173. The van der Waals surface area contributed by atoms with Gasteiger partial charge in [-0.15, -0.1) is 0 Å². The van der Waals surface area contributed by atoms with E-state index in [4.69, 9.17) is 9.98 Å². The van der Waals surface area contributed by atoms with Crippen molar-refractivity contribution in [2.45, 2.75) is 46.7 Å². The third-order valence-electron chi connectivity index (χ3n) is 6.08. The van der Waals surface area contributed by atoms with Crippen LogP contribution in [0.3, 0.4) is 0 Å². The van der Waals surface area contributed by atoms with Crippen LogP contribution < -0.4 is 10.6 Å². The summed E-state index contributed by atoms with van der Waals surface area (Å²) in [5.74, 6) is 0. The maximum Gasteiger partial charge on any atom is 2.00 e. The van der Waals surface area contributed by atoms with Gasteiger partial charge in [-0.2, -0.15) is 0 Å². The van der Waals surface area contributed by atoms with Crippen molar-refractivity contribution in [2.75, 3.05) is 26.2 Å². The predicted molar refractivity (Wildman–Crippen MR) is 186 cm³/mol. The second-order valence-corrected chi connectivity index (χ2v) is 14.8. The van der Waals surface area contributed by atoms with E-state index < -0.39 is 15.6 Å². The third-order valence-corrected chi connectivity index (χ3v) is 6.08. The predicted octanol–water partition coefficient (Wildman–Crippen LogP) is 12.3. The van der Waals surface area contributed by atoms with Crippen molar-refractivity contribution < 1.29 is 66.9 Å². The van der Waals surface area contributed by atoms with Gasteiger partial charge in [-0.3, -0.25) is 20.0 Å². The summed E-state index contributed by atoms with van der Waals surface area (Å²) in [5, 5.41) is 7.04. The van der Waals surface area contributed by atoms with Crippen LogP contribution in [-0.4, -0.2) is 50.5 Å². The zero-order valence-corrected chi connectivity index (χ0v) is 31.0. The number of hydrogen-bond donors (Lipinski definition) is 2. The number of halogens is 12. The minimum absolute atomic E-state index is 0. The fourth-order valence-corrected chi connectivity index (χ4v) is 3.78. The summed E-state index contributed by atoms with van der Waals surface area (Å²) in [7, 11) is -21.3. The van der Waals surface area contributed by atoms with Crippen LogP contribution in [0.25, 0.3) is 0 Å². The van der Waals surface area contributed by atoms with Gasteiger partial charge in [-0.05, 0) is 44.7 Å². The molecule has 2 N–H and O–H groups in total. The molecular weight excluding hydrogens is 805 g/mol. The average molecular weight is 845 g/mol.